The van der Waals surface area contributed by atoms with Gasteiger partial charge in [0, 0.05) is 5.54 Å². The summed E-state index contributed by atoms with van der Waals surface area (Å²) in [6, 6.07) is 2.00. The molecule has 4 nitrogen and oxygen atoms in total. The minimum atomic E-state index is -0.162. The smallest absolute Gasteiger partial charge is 0.234 e. The van der Waals surface area contributed by atoms with Gasteiger partial charge in [-0.3, -0.25) is 9.69 Å². The Labute approximate surface area is 85.9 Å². The lowest BCUT2D eigenvalue weighted by Crippen LogP contribution is -2.46. The van der Waals surface area contributed by atoms with E-state index in [1.807, 2.05) is 26.8 Å². The van der Waals surface area contributed by atoms with E-state index < -0.39 is 0 Å². The highest BCUT2D eigenvalue weighted by atomic mass is 16.2. The molecule has 80 valence electrons. The van der Waals surface area contributed by atoms with E-state index in [2.05, 4.69) is 5.32 Å². The molecule has 0 fully saturated rings. The zero-order valence-electron chi connectivity index (χ0n) is 9.42. The first-order chi connectivity index (χ1) is 6.41. The number of likely N-dealkylation sites (N-methyl/N-ethyl adjacent to an activating group) is 1. The van der Waals surface area contributed by atoms with Gasteiger partial charge in [0.25, 0.3) is 0 Å². The van der Waals surface area contributed by atoms with Crippen molar-refractivity contribution in [2.45, 2.75) is 32.7 Å². The van der Waals surface area contributed by atoms with Crippen molar-refractivity contribution in [2.75, 3.05) is 20.1 Å². The molecule has 0 aromatic carbocycles. The molecule has 0 saturated heterocycles. The Morgan fingerprint density at radius 3 is 2.57 bits per heavy atom. The third-order valence-corrected chi connectivity index (χ3v) is 2.12. The molecule has 0 atom stereocenters. The van der Waals surface area contributed by atoms with Crippen molar-refractivity contribution in [3.8, 4) is 6.07 Å². The van der Waals surface area contributed by atoms with Crippen LogP contribution in [0, 0.1) is 11.3 Å². The molecule has 0 spiro atoms. The van der Waals surface area contributed by atoms with E-state index in [1.165, 1.54) is 0 Å². The lowest BCUT2D eigenvalue weighted by molar-refractivity contribution is -0.123. The molecular weight excluding hydrogens is 178 g/mol. The molecule has 1 amide bonds. The summed E-state index contributed by atoms with van der Waals surface area (Å²) in [4.78, 5) is 13.1. The summed E-state index contributed by atoms with van der Waals surface area (Å²) >= 11 is 0. The van der Waals surface area contributed by atoms with Crippen LogP contribution in [0.4, 0.5) is 0 Å². The minimum absolute atomic E-state index is 0.0328. The van der Waals surface area contributed by atoms with Gasteiger partial charge >= 0.3 is 0 Å². The van der Waals surface area contributed by atoms with Crippen molar-refractivity contribution in [3.63, 3.8) is 0 Å². The number of amides is 1. The number of hydrogen-bond acceptors (Lipinski definition) is 3. The monoisotopic (exact) mass is 197 g/mol. The molecule has 0 radical (unpaired) electrons. The predicted molar refractivity (Wildman–Crippen MR) is 55.6 cm³/mol. The summed E-state index contributed by atoms with van der Waals surface area (Å²) in [5.74, 6) is -0.0328. The Morgan fingerprint density at radius 1 is 1.57 bits per heavy atom. The van der Waals surface area contributed by atoms with E-state index in [0.717, 1.165) is 6.42 Å². The third kappa shape index (κ3) is 5.55. The average Bonchev–Trinajstić information content (AvgIpc) is 2.03. The Hall–Kier alpha value is -1.08. The van der Waals surface area contributed by atoms with Gasteiger partial charge in [0.05, 0.1) is 19.2 Å². The second-order valence-corrected chi connectivity index (χ2v) is 4.12. The first-order valence-electron chi connectivity index (χ1n) is 4.78. The van der Waals surface area contributed by atoms with E-state index in [-0.39, 0.29) is 24.5 Å². The molecule has 4 heteroatoms. The minimum Gasteiger partial charge on any atom is -0.350 e. The molecule has 1 N–H and O–H groups in total. The highest BCUT2D eigenvalue weighted by Gasteiger charge is 2.18. The third-order valence-electron chi connectivity index (χ3n) is 2.12. The number of carbonyl (C=O) groups excluding carboxylic acids is 1. The predicted octanol–water partition coefficient (Wildman–Crippen LogP) is 0.747. The fourth-order valence-electron chi connectivity index (χ4n) is 0.927. The second kappa shape index (κ2) is 5.61. The quantitative estimate of drug-likeness (QED) is 0.662. The Morgan fingerprint density at radius 2 is 2.14 bits per heavy atom. The Balaban J connectivity index is 3.94. The van der Waals surface area contributed by atoms with E-state index in [1.54, 1.807) is 11.9 Å². The number of rotatable bonds is 5. The van der Waals surface area contributed by atoms with Crippen LogP contribution in [0.2, 0.25) is 0 Å². The fourth-order valence-corrected chi connectivity index (χ4v) is 0.927. The fraction of sp³-hybridized carbons (Fsp3) is 0.800. The summed E-state index contributed by atoms with van der Waals surface area (Å²) in [6.07, 6.45) is 0.890. The summed E-state index contributed by atoms with van der Waals surface area (Å²) in [7, 11) is 1.75. The van der Waals surface area contributed by atoms with Crippen molar-refractivity contribution in [1.82, 2.24) is 10.2 Å². The van der Waals surface area contributed by atoms with Gasteiger partial charge in [-0.1, -0.05) is 6.92 Å². The maximum Gasteiger partial charge on any atom is 0.234 e. The van der Waals surface area contributed by atoms with Crippen LogP contribution in [-0.4, -0.2) is 36.5 Å². The van der Waals surface area contributed by atoms with Gasteiger partial charge in [-0.05, 0) is 27.3 Å². The highest BCUT2D eigenvalue weighted by molar-refractivity contribution is 5.78. The zero-order valence-corrected chi connectivity index (χ0v) is 9.42. The summed E-state index contributed by atoms with van der Waals surface area (Å²) in [5.41, 5.74) is -0.162. The van der Waals surface area contributed by atoms with Gasteiger partial charge in [-0.2, -0.15) is 5.26 Å². The SMILES string of the molecule is CCC(C)(C)NC(=O)CN(C)CC#N. The largest absolute Gasteiger partial charge is 0.350 e. The van der Waals surface area contributed by atoms with E-state index in [0.29, 0.717) is 0 Å². The van der Waals surface area contributed by atoms with E-state index >= 15 is 0 Å². The average molecular weight is 197 g/mol. The summed E-state index contributed by atoms with van der Waals surface area (Å²) < 4.78 is 0. The molecule has 0 bridgehead atoms. The van der Waals surface area contributed by atoms with Gasteiger partial charge in [-0.25, -0.2) is 0 Å². The molecule has 0 aromatic heterocycles. The Kier molecular flexibility index (Phi) is 5.18. The Bertz CT molecular complexity index is 230. The van der Waals surface area contributed by atoms with Crippen molar-refractivity contribution >= 4 is 5.91 Å². The second-order valence-electron chi connectivity index (χ2n) is 4.12. The lowest BCUT2D eigenvalue weighted by Gasteiger charge is -2.25. The lowest BCUT2D eigenvalue weighted by atomic mass is 10.0. The molecule has 0 aromatic rings. The van der Waals surface area contributed by atoms with Gasteiger partial charge in [0.1, 0.15) is 0 Å². The molecule has 14 heavy (non-hydrogen) atoms. The first kappa shape index (κ1) is 12.9. The van der Waals surface area contributed by atoms with Crippen LogP contribution in [0.15, 0.2) is 0 Å². The van der Waals surface area contributed by atoms with E-state index in [9.17, 15) is 4.79 Å². The maximum absolute atomic E-state index is 11.4. The van der Waals surface area contributed by atoms with Gasteiger partial charge in [-0.15, -0.1) is 0 Å². The molecule has 0 saturated carbocycles. The number of hydrogen-bond donors (Lipinski definition) is 1. The number of nitrogens with zero attached hydrogens (tertiary/aromatic N) is 2. The summed E-state index contributed by atoms with van der Waals surface area (Å²) in [5, 5.41) is 11.3. The standard InChI is InChI=1S/C10H19N3O/c1-5-10(2,3)12-9(14)8-13(4)7-6-11/h5,7-8H2,1-4H3,(H,12,14). The molecule has 0 aliphatic heterocycles. The van der Waals surface area contributed by atoms with Crippen LogP contribution < -0.4 is 5.32 Å². The van der Waals surface area contributed by atoms with Crippen LogP contribution in [0.25, 0.3) is 0 Å². The van der Waals surface area contributed by atoms with Crippen molar-refractivity contribution in [3.05, 3.63) is 0 Å². The first-order valence-corrected chi connectivity index (χ1v) is 4.78. The maximum atomic E-state index is 11.4. The molecular formula is C10H19N3O. The molecule has 0 heterocycles. The van der Waals surface area contributed by atoms with Gasteiger partial charge < -0.3 is 5.32 Å². The molecule has 0 rings (SSSR count). The van der Waals surface area contributed by atoms with Crippen LogP contribution in [0.5, 0.6) is 0 Å². The highest BCUT2D eigenvalue weighted by Crippen LogP contribution is 2.06. The van der Waals surface area contributed by atoms with Crippen molar-refractivity contribution in [1.29, 1.82) is 5.26 Å². The molecule has 0 aliphatic rings. The number of carbonyl (C=O) groups is 1. The van der Waals surface area contributed by atoms with Crippen LogP contribution in [0.3, 0.4) is 0 Å². The molecule has 0 aliphatic carbocycles. The van der Waals surface area contributed by atoms with Crippen molar-refractivity contribution < 1.29 is 4.79 Å². The van der Waals surface area contributed by atoms with Crippen LogP contribution in [0.1, 0.15) is 27.2 Å². The summed E-state index contributed by atoms with van der Waals surface area (Å²) in [6.45, 7) is 6.54. The topological polar surface area (TPSA) is 56.1 Å². The molecule has 0 unspecified atom stereocenters. The van der Waals surface area contributed by atoms with Crippen LogP contribution >= 0.6 is 0 Å². The van der Waals surface area contributed by atoms with Gasteiger partial charge in [0.2, 0.25) is 5.91 Å². The van der Waals surface area contributed by atoms with Crippen LogP contribution in [-0.2, 0) is 4.79 Å². The van der Waals surface area contributed by atoms with Crippen molar-refractivity contribution in [2.24, 2.45) is 0 Å². The zero-order chi connectivity index (χ0) is 11.2. The normalized spacial score (nSPS) is 11.1. The van der Waals surface area contributed by atoms with E-state index in [4.69, 9.17) is 5.26 Å². The number of nitrogens with one attached hydrogen (secondary N) is 1. The number of nitriles is 1. The van der Waals surface area contributed by atoms with Gasteiger partial charge in [0.15, 0.2) is 0 Å².